The van der Waals surface area contributed by atoms with Crippen molar-refractivity contribution in [2.24, 2.45) is 0 Å². The second-order valence-electron chi connectivity index (χ2n) is 8.48. The van der Waals surface area contributed by atoms with Gasteiger partial charge in [-0.15, -0.1) is 0 Å². The molecule has 2 aliphatic rings. The third kappa shape index (κ3) is 4.72. The largest absolute Gasteiger partial charge is 0.486 e. The molecular formula is C26H26N2O5S. The molecular weight excluding hydrogens is 452 g/mol. The maximum atomic E-state index is 13.3. The van der Waals surface area contributed by atoms with Gasteiger partial charge in [0.15, 0.2) is 11.5 Å². The highest BCUT2D eigenvalue weighted by molar-refractivity contribution is 7.92. The lowest BCUT2D eigenvalue weighted by Crippen LogP contribution is -2.36. The zero-order valence-corrected chi connectivity index (χ0v) is 19.5. The Morgan fingerprint density at radius 1 is 0.941 bits per heavy atom. The summed E-state index contributed by atoms with van der Waals surface area (Å²) < 4.78 is 39.5. The molecule has 0 saturated carbocycles. The fourth-order valence-electron chi connectivity index (χ4n) is 4.49. The number of benzene rings is 3. The lowest BCUT2D eigenvalue weighted by atomic mass is 10.0. The first-order chi connectivity index (χ1) is 16.5. The van der Waals surface area contributed by atoms with Crippen LogP contribution in [-0.2, 0) is 16.4 Å². The van der Waals surface area contributed by atoms with E-state index in [2.05, 4.69) is 16.9 Å². The molecule has 1 unspecified atom stereocenters. The number of fused-ring (bicyclic) bond motifs is 1. The van der Waals surface area contributed by atoms with Crippen LogP contribution in [0, 0.1) is 0 Å². The van der Waals surface area contributed by atoms with Gasteiger partial charge >= 0.3 is 0 Å². The SMILES string of the molecule is O=C(c1cccc(NS(=O)(=O)c2ccc3c(c2)OCCO3)c1)N1CCCC1Cc1ccccc1. The zero-order valence-electron chi connectivity index (χ0n) is 18.6. The van der Waals surface area contributed by atoms with Crippen LogP contribution >= 0.6 is 0 Å². The van der Waals surface area contributed by atoms with Gasteiger partial charge < -0.3 is 14.4 Å². The molecule has 0 radical (unpaired) electrons. The van der Waals surface area contributed by atoms with Crippen LogP contribution in [0.5, 0.6) is 11.5 Å². The predicted octanol–water partition coefficient (Wildman–Crippen LogP) is 4.11. The van der Waals surface area contributed by atoms with E-state index >= 15 is 0 Å². The quantitative estimate of drug-likeness (QED) is 0.577. The van der Waals surface area contributed by atoms with Crippen molar-refractivity contribution in [2.45, 2.75) is 30.2 Å². The van der Waals surface area contributed by atoms with Crippen molar-refractivity contribution < 1.29 is 22.7 Å². The number of likely N-dealkylation sites (tertiary alicyclic amines) is 1. The van der Waals surface area contributed by atoms with Gasteiger partial charge in [-0.25, -0.2) is 8.42 Å². The summed E-state index contributed by atoms with van der Waals surface area (Å²) in [7, 11) is -3.87. The lowest BCUT2D eigenvalue weighted by Gasteiger charge is -2.25. The summed E-state index contributed by atoms with van der Waals surface area (Å²) >= 11 is 0. The molecule has 3 aromatic carbocycles. The van der Waals surface area contributed by atoms with Gasteiger partial charge in [-0.05, 0) is 55.2 Å². The van der Waals surface area contributed by atoms with Crippen molar-refractivity contribution in [3.63, 3.8) is 0 Å². The van der Waals surface area contributed by atoms with Crippen molar-refractivity contribution in [2.75, 3.05) is 24.5 Å². The molecule has 7 nitrogen and oxygen atoms in total. The van der Waals surface area contributed by atoms with Gasteiger partial charge in [-0.1, -0.05) is 36.4 Å². The monoisotopic (exact) mass is 478 g/mol. The first kappa shape index (κ1) is 22.3. The van der Waals surface area contributed by atoms with Gasteiger partial charge in [0.25, 0.3) is 15.9 Å². The minimum Gasteiger partial charge on any atom is -0.486 e. The van der Waals surface area contributed by atoms with Gasteiger partial charge in [0.1, 0.15) is 13.2 Å². The van der Waals surface area contributed by atoms with Crippen molar-refractivity contribution >= 4 is 21.6 Å². The van der Waals surface area contributed by atoms with Crippen molar-refractivity contribution in [3.8, 4) is 11.5 Å². The van der Waals surface area contributed by atoms with E-state index in [0.29, 0.717) is 42.5 Å². The standard InChI is InChI=1S/C26H26N2O5S/c29-26(28-13-5-10-22(28)16-19-6-2-1-3-7-19)20-8-4-9-21(17-20)27-34(30,31)23-11-12-24-25(18-23)33-15-14-32-24/h1-4,6-9,11-12,17-18,22,27H,5,10,13-16H2. The Labute approximate surface area is 199 Å². The third-order valence-electron chi connectivity index (χ3n) is 6.14. The minimum atomic E-state index is -3.87. The summed E-state index contributed by atoms with van der Waals surface area (Å²) in [6.07, 6.45) is 2.72. The van der Waals surface area contributed by atoms with E-state index in [4.69, 9.17) is 9.47 Å². The number of ether oxygens (including phenoxy) is 2. The Morgan fingerprint density at radius 2 is 1.74 bits per heavy atom. The van der Waals surface area contributed by atoms with E-state index in [1.165, 1.54) is 17.7 Å². The van der Waals surface area contributed by atoms with Crippen molar-refractivity contribution in [1.82, 2.24) is 4.90 Å². The number of hydrogen-bond acceptors (Lipinski definition) is 5. The van der Waals surface area contributed by atoms with Crippen LogP contribution in [0.25, 0.3) is 0 Å². The molecule has 2 aliphatic heterocycles. The Bertz CT molecular complexity index is 1290. The molecule has 5 rings (SSSR count). The van der Waals surface area contributed by atoms with Gasteiger partial charge in [-0.2, -0.15) is 0 Å². The molecule has 1 fully saturated rings. The first-order valence-corrected chi connectivity index (χ1v) is 12.9. The number of carbonyl (C=O) groups excluding carboxylic acids is 1. The molecule has 0 spiro atoms. The number of sulfonamides is 1. The van der Waals surface area contributed by atoms with E-state index in [9.17, 15) is 13.2 Å². The Hall–Kier alpha value is -3.52. The van der Waals surface area contributed by atoms with Gasteiger partial charge in [-0.3, -0.25) is 9.52 Å². The predicted molar refractivity (Wildman–Crippen MR) is 129 cm³/mol. The third-order valence-corrected chi connectivity index (χ3v) is 7.52. The summed E-state index contributed by atoms with van der Waals surface area (Å²) in [4.78, 5) is 15.3. The normalized spacial score (nSPS) is 17.4. The molecule has 0 aliphatic carbocycles. The molecule has 1 amide bonds. The molecule has 34 heavy (non-hydrogen) atoms. The van der Waals surface area contributed by atoms with Crippen LogP contribution in [0.15, 0.2) is 77.7 Å². The van der Waals surface area contributed by atoms with Crippen molar-refractivity contribution in [1.29, 1.82) is 0 Å². The van der Waals surface area contributed by atoms with Gasteiger partial charge in [0, 0.05) is 29.9 Å². The van der Waals surface area contributed by atoms with Crippen LogP contribution in [0.2, 0.25) is 0 Å². The number of anilines is 1. The first-order valence-electron chi connectivity index (χ1n) is 11.4. The summed E-state index contributed by atoms with van der Waals surface area (Å²) in [5.41, 5.74) is 2.00. The molecule has 176 valence electrons. The number of rotatable bonds is 6. The summed E-state index contributed by atoms with van der Waals surface area (Å²) in [5.74, 6) is 0.837. The molecule has 0 aromatic heterocycles. The zero-order chi connectivity index (χ0) is 23.5. The van der Waals surface area contributed by atoms with Crippen LogP contribution in [-0.4, -0.2) is 45.0 Å². The Balaban J connectivity index is 1.32. The number of amides is 1. The maximum absolute atomic E-state index is 13.3. The maximum Gasteiger partial charge on any atom is 0.262 e. The molecule has 0 bridgehead atoms. The lowest BCUT2D eigenvalue weighted by molar-refractivity contribution is 0.0736. The fourth-order valence-corrected chi connectivity index (χ4v) is 5.55. The van der Waals surface area contributed by atoms with E-state index in [1.807, 2.05) is 23.1 Å². The molecule has 2 heterocycles. The van der Waals surface area contributed by atoms with E-state index in [0.717, 1.165) is 19.3 Å². The van der Waals surface area contributed by atoms with Crippen LogP contribution < -0.4 is 14.2 Å². The van der Waals surface area contributed by atoms with E-state index in [1.54, 1.807) is 30.3 Å². The second-order valence-corrected chi connectivity index (χ2v) is 10.2. The van der Waals surface area contributed by atoms with Crippen LogP contribution in [0.1, 0.15) is 28.8 Å². The van der Waals surface area contributed by atoms with Gasteiger partial charge in [0.2, 0.25) is 0 Å². The summed E-state index contributed by atoms with van der Waals surface area (Å²) in [5, 5.41) is 0. The number of nitrogens with zero attached hydrogens (tertiary/aromatic N) is 1. The number of nitrogens with one attached hydrogen (secondary N) is 1. The second kappa shape index (κ2) is 9.38. The average Bonchev–Trinajstić information content (AvgIpc) is 3.32. The van der Waals surface area contributed by atoms with Crippen LogP contribution in [0.3, 0.4) is 0 Å². The topological polar surface area (TPSA) is 84.9 Å². The highest BCUT2D eigenvalue weighted by atomic mass is 32.2. The van der Waals surface area contributed by atoms with E-state index in [-0.39, 0.29) is 16.8 Å². The summed E-state index contributed by atoms with van der Waals surface area (Å²) in [6, 6.07) is 21.4. The molecule has 1 saturated heterocycles. The molecule has 1 N–H and O–H groups in total. The van der Waals surface area contributed by atoms with Crippen molar-refractivity contribution in [3.05, 3.63) is 83.9 Å². The van der Waals surface area contributed by atoms with E-state index < -0.39 is 10.0 Å². The molecule has 3 aromatic rings. The number of carbonyl (C=O) groups is 1. The number of hydrogen-bond donors (Lipinski definition) is 1. The minimum absolute atomic E-state index is 0.0657. The van der Waals surface area contributed by atoms with Crippen LogP contribution in [0.4, 0.5) is 5.69 Å². The molecule has 1 atom stereocenters. The smallest absolute Gasteiger partial charge is 0.262 e. The highest BCUT2D eigenvalue weighted by Crippen LogP contribution is 2.33. The molecule has 8 heteroatoms. The summed E-state index contributed by atoms with van der Waals surface area (Å²) in [6.45, 7) is 1.50. The Morgan fingerprint density at radius 3 is 2.56 bits per heavy atom. The average molecular weight is 479 g/mol. The highest BCUT2D eigenvalue weighted by Gasteiger charge is 2.29. The Kier molecular flexibility index (Phi) is 6.15. The fraction of sp³-hybridized carbons (Fsp3) is 0.269. The van der Waals surface area contributed by atoms with Gasteiger partial charge in [0.05, 0.1) is 4.90 Å².